The molecule has 1 aromatic carbocycles. The zero-order valence-electron chi connectivity index (χ0n) is 13.0. The van der Waals surface area contributed by atoms with Gasteiger partial charge in [-0.05, 0) is 38.1 Å². The van der Waals surface area contributed by atoms with E-state index in [2.05, 4.69) is 15.5 Å². The van der Waals surface area contributed by atoms with E-state index in [9.17, 15) is 4.39 Å². The van der Waals surface area contributed by atoms with Crippen LogP contribution in [0.3, 0.4) is 0 Å². The SMILES string of the molecule is COCC1(c2nc(COc3cccc(F)c3)no2)CCNCC1. The maximum atomic E-state index is 13.1. The summed E-state index contributed by atoms with van der Waals surface area (Å²) in [7, 11) is 1.67. The fraction of sp³-hybridized carbons (Fsp3) is 0.500. The highest BCUT2D eigenvalue weighted by Gasteiger charge is 2.39. The summed E-state index contributed by atoms with van der Waals surface area (Å²) in [5, 5.41) is 7.30. The lowest BCUT2D eigenvalue weighted by Gasteiger charge is -2.33. The molecule has 7 heteroatoms. The third-order valence-electron chi connectivity index (χ3n) is 4.07. The molecular weight excluding hydrogens is 301 g/mol. The standard InChI is InChI=1S/C16H20FN3O3/c1-21-11-16(5-7-18-8-6-16)15-19-14(20-23-15)10-22-13-4-2-3-12(17)9-13/h2-4,9,18H,5-8,10-11H2,1H3. The molecule has 0 radical (unpaired) electrons. The molecule has 1 fully saturated rings. The smallest absolute Gasteiger partial charge is 0.235 e. The molecule has 23 heavy (non-hydrogen) atoms. The molecule has 2 aromatic rings. The summed E-state index contributed by atoms with van der Waals surface area (Å²) in [5.41, 5.74) is -0.246. The molecule has 0 amide bonds. The van der Waals surface area contributed by atoms with Crippen LogP contribution >= 0.6 is 0 Å². The quantitative estimate of drug-likeness (QED) is 0.878. The Hall–Kier alpha value is -1.99. The molecule has 1 aromatic heterocycles. The molecule has 1 saturated heterocycles. The molecule has 1 aliphatic heterocycles. The first-order chi connectivity index (χ1) is 11.2. The molecule has 6 nitrogen and oxygen atoms in total. The number of methoxy groups -OCH3 is 1. The van der Waals surface area contributed by atoms with Gasteiger partial charge in [0.05, 0.1) is 12.0 Å². The van der Waals surface area contributed by atoms with Crippen LogP contribution in [0.5, 0.6) is 5.75 Å². The van der Waals surface area contributed by atoms with Crippen molar-refractivity contribution in [2.75, 3.05) is 26.8 Å². The molecule has 124 valence electrons. The van der Waals surface area contributed by atoms with Crippen LogP contribution in [-0.4, -0.2) is 36.9 Å². The van der Waals surface area contributed by atoms with Crippen molar-refractivity contribution in [1.82, 2.24) is 15.5 Å². The Morgan fingerprint density at radius 1 is 1.35 bits per heavy atom. The number of nitrogens with one attached hydrogen (secondary N) is 1. The Balaban J connectivity index is 1.69. The van der Waals surface area contributed by atoms with E-state index < -0.39 is 0 Å². The Kier molecular flexibility index (Phi) is 4.88. The summed E-state index contributed by atoms with van der Waals surface area (Å²) in [6, 6.07) is 5.96. The van der Waals surface area contributed by atoms with Gasteiger partial charge < -0.3 is 19.3 Å². The van der Waals surface area contributed by atoms with E-state index in [1.54, 1.807) is 19.2 Å². The Morgan fingerprint density at radius 2 is 2.17 bits per heavy atom. The highest BCUT2D eigenvalue weighted by molar-refractivity contribution is 5.22. The third-order valence-corrected chi connectivity index (χ3v) is 4.07. The van der Waals surface area contributed by atoms with Crippen molar-refractivity contribution in [3.63, 3.8) is 0 Å². The summed E-state index contributed by atoms with van der Waals surface area (Å²) < 4.78 is 29.4. The second kappa shape index (κ2) is 7.06. The first-order valence-electron chi connectivity index (χ1n) is 7.63. The first kappa shape index (κ1) is 15.9. The largest absolute Gasteiger partial charge is 0.485 e. The zero-order valence-corrected chi connectivity index (χ0v) is 13.0. The molecule has 0 spiro atoms. The van der Waals surface area contributed by atoms with Crippen molar-refractivity contribution >= 4 is 0 Å². The molecule has 1 N–H and O–H groups in total. The molecule has 2 heterocycles. The summed E-state index contributed by atoms with van der Waals surface area (Å²) in [6.07, 6.45) is 1.76. The minimum Gasteiger partial charge on any atom is -0.485 e. The van der Waals surface area contributed by atoms with Crippen LogP contribution in [0.15, 0.2) is 28.8 Å². The second-order valence-corrected chi connectivity index (χ2v) is 5.73. The molecule has 0 saturated carbocycles. The van der Waals surface area contributed by atoms with E-state index in [1.807, 2.05) is 0 Å². The van der Waals surface area contributed by atoms with Gasteiger partial charge in [-0.1, -0.05) is 11.2 Å². The van der Waals surface area contributed by atoms with Crippen molar-refractivity contribution in [3.05, 3.63) is 41.8 Å². The van der Waals surface area contributed by atoms with Crippen molar-refractivity contribution in [2.45, 2.75) is 24.9 Å². The topological polar surface area (TPSA) is 69.4 Å². The third kappa shape index (κ3) is 3.68. The minimum atomic E-state index is -0.343. The molecule has 0 bridgehead atoms. The number of ether oxygens (including phenoxy) is 2. The lowest BCUT2D eigenvalue weighted by molar-refractivity contribution is 0.0849. The number of rotatable bonds is 6. The maximum Gasteiger partial charge on any atom is 0.235 e. The molecule has 1 aliphatic rings. The van der Waals surface area contributed by atoms with Gasteiger partial charge in [0.2, 0.25) is 11.7 Å². The monoisotopic (exact) mass is 321 g/mol. The van der Waals surface area contributed by atoms with Gasteiger partial charge >= 0.3 is 0 Å². The van der Waals surface area contributed by atoms with Crippen molar-refractivity contribution in [2.24, 2.45) is 0 Å². The van der Waals surface area contributed by atoms with Crippen LogP contribution in [0.1, 0.15) is 24.6 Å². The Morgan fingerprint density at radius 3 is 2.91 bits per heavy atom. The van der Waals surface area contributed by atoms with Gasteiger partial charge in [0.1, 0.15) is 11.6 Å². The normalized spacial score (nSPS) is 17.1. The van der Waals surface area contributed by atoms with Gasteiger partial charge in [-0.25, -0.2) is 4.39 Å². The second-order valence-electron chi connectivity index (χ2n) is 5.73. The van der Waals surface area contributed by atoms with Crippen LogP contribution in [0, 0.1) is 5.82 Å². The molecule has 0 aliphatic carbocycles. The maximum absolute atomic E-state index is 13.1. The van der Waals surface area contributed by atoms with Gasteiger partial charge in [-0.15, -0.1) is 0 Å². The van der Waals surface area contributed by atoms with Gasteiger partial charge in [-0.3, -0.25) is 0 Å². The van der Waals surface area contributed by atoms with Crippen molar-refractivity contribution in [1.29, 1.82) is 0 Å². The number of aromatic nitrogens is 2. The van der Waals surface area contributed by atoms with E-state index in [-0.39, 0.29) is 17.8 Å². The summed E-state index contributed by atoms with van der Waals surface area (Å²) >= 11 is 0. The van der Waals surface area contributed by atoms with Crippen LogP contribution in [0.25, 0.3) is 0 Å². The number of benzene rings is 1. The van der Waals surface area contributed by atoms with Crippen LogP contribution in [-0.2, 0) is 16.8 Å². The van der Waals surface area contributed by atoms with E-state index in [4.69, 9.17) is 14.0 Å². The fourth-order valence-electron chi connectivity index (χ4n) is 2.83. The fourth-order valence-corrected chi connectivity index (χ4v) is 2.83. The van der Waals surface area contributed by atoms with Crippen molar-refractivity contribution in [3.8, 4) is 5.75 Å². The predicted molar refractivity (Wildman–Crippen MR) is 80.7 cm³/mol. The molecule has 0 atom stereocenters. The van der Waals surface area contributed by atoms with Crippen LogP contribution in [0.4, 0.5) is 4.39 Å². The number of hydrogen-bond donors (Lipinski definition) is 1. The van der Waals surface area contributed by atoms with Crippen molar-refractivity contribution < 1.29 is 18.4 Å². The van der Waals surface area contributed by atoms with E-state index in [0.29, 0.717) is 24.1 Å². The lowest BCUT2D eigenvalue weighted by Crippen LogP contribution is -2.43. The average molecular weight is 321 g/mol. The van der Waals surface area contributed by atoms with Gasteiger partial charge in [0, 0.05) is 13.2 Å². The molecule has 0 unspecified atom stereocenters. The highest BCUT2D eigenvalue weighted by Crippen LogP contribution is 2.32. The predicted octanol–water partition coefficient (Wildman–Crippen LogP) is 2.06. The minimum absolute atomic E-state index is 0.133. The first-order valence-corrected chi connectivity index (χ1v) is 7.63. The van der Waals surface area contributed by atoms with Gasteiger partial charge in [-0.2, -0.15) is 4.98 Å². The lowest BCUT2D eigenvalue weighted by atomic mass is 9.79. The van der Waals surface area contributed by atoms with E-state index in [0.717, 1.165) is 25.9 Å². The summed E-state index contributed by atoms with van der Waals surface area (Å²) in [4.78, 5) is 4.46. The Labute approximate surface area is 134 Å². The summed E-state index contributed by atoms with van der Waals surface area (Å²) in [6.45, 7) is 2.46. The van der Waals surface area contributed by atoms with Gasteiger partial charge in [0.25, 0.3) is 0 Å². The number of halogens is 1. The summed E-state index contributed by atoms with van der Waals surface area (Å²) in [5.74, 6) is 1.12. The van der Waals surface area contributed by atoms with Gasteiger partial charge in [0.15, 0.2) is 6.61 Å². The molecular formula is C16H20FN3O3. The Bertz CT molecular complexity index is 635. The highest BCUT2D eigenvalue weighted by atomic mass is 19.1. The van der Waals surface area contributed by atoms with E-state index in [1.165, 1.54) is 12.1 Å². The number of hydrogen-bond acceptors (Lipinski definition) is 6. The zero-order chi connectivity index (χ0) is 16.1. The van der Waals surface area contributed by atoms with Crippen LogP contribution in [0.2, 0.25) is 0 Å². The number of piperidine rings is 1. The van der Waals surface area contributed by atoms with Crippen LogP contribution < -0.4 is 10.1 Å². The molecule has 3 rings (SSSR count). The van der Waals surface area contributed by atoms with E-state index >= 15 is 0 Å². The average Bonchev–Trinajstić information content (AvgIpc) is 3.04. The number of nitrogens with zero attached hydrogens (tertiary/aromatic N) is 2.